The normalized spacial score (nSPS) is 18.3. The molecular formula is C26H27N5O2. The molecule has 0 bridgehead atoms. The van der Waals surface area contributed by atoms with Gasteiger partial charge in [-0.05, 0) is 49.1 Å². The lowest BCUT2D eigenvalue weighted by Gasteiger charge is -2.37. The number of nitriles is 1. The van der Waals surface area contributed by atoms with Crippen LogP contribution in [0.3, 0.4) is 0 Å². The molecule has 5 rings (SSSR count). The first-order valence-electron chi connectivity index (χ1n) is 11.6. The lowest BCUT2D eigenvalue weighted by atomic mass is 9.80. The van der Waals surface area contributed by atoms with E-state index < -0.39 is 11.6 Å². The summed E-state index contributed by atoms with van der Waals surface area (Å²) in [5.41, 5.74) is 1.17. The Morgan fingerprint density at radius 3 is 2.64 bits per heavy atom. The van der Waals surface area contributed by atoms with Gasteiger partial charge in [-0.15, -0.1) is 0 Å². The maximum Gasteiger partial charge on any atom is 0.268 e. The average molecular weight is 442 g/mol. The van der Waals surface area contributed by atoms with Gasteiger partial charge in [0.1, 0.15) is 17.3 Å². The van der Waals surface area contributed by atoms with Crippen molar-refractivity contribution in [2.75, 3.05) is 0 Å². The Labute approximate surface area is 192 Å². The number of rotatable bonds is 6. The third-order valence-corrected chi connectivity index (χ3v) is 6.88. The monoisotopic (exact) mass is 441 g/mol. The van der Waals surface area contributed by atoms with Gasteiger partial charge in [0.25, 0.3) is 5.91 Å². The lowest BCUT2D eigenvalue weighted by Crippen LogP contribution is -2.60. The van der Waals surface area contributed by atoms with Gasteiger partial charge in [-0.2, -0.15) is 5.26 Å². The highest BCUT2D eigenvalue weighted by molar-refractivity contribution is 5.98. The molecule has 2 aromatic heterocycles. The van der Waals surface area contributed by atoms with E-state index in [2.05, 4.69) is 26.7 Å². The molecule has 2 aliphatic rings. The molecule has 168 valence electrons. The SMILES string of the molecule is N#CC(NC(=O)C1(NC(=O)c2ccc(C3CC3)[nH]2)CCCCC1)c1cncc2ccccc12. The predicted octanol–water partition coefficient (Wildman–Crippen LogP) is 4.25. The van der Waals surface area contributed by atoms with Crippen LogP contribution in [-0.4, -0.2) is 27.3 Å². The van der Waals surface area contributed by atoms with Crippen LogP contribution in [0.2, 0.25) is 0 Å². The Hall–Kier alpha value is -3.66. The second-order valence-electron chi connectivity index (χ2n) is 9.18. The van der Waals surface area contributed by atoms with Gasteiger partial charge in [0.15, 0.2) is 0 Å². The van der Waals surface area contributed by atoms with Gasteiger partial charge < -0.3 is 15.6 Å². The number of hydrogen-bond acceptors (Lipinski definition) is 4. The Morgan fingerprint density at radius 1 is 1.09 bits per heavy atom. The maximum atomic E-state index is 13.6. The van der Waals surface area contributed by atoms with Crippen molar-refractivity contribution in [3.63, 3.8) is 0 Å². The molecule has 2 saturated carbocycles. The summed E-state index contributed by atoms with van der Waals surface area (Å²) in [7, 11) is 0. The minimum atomic E-state index is -1.03. The molecule has 3 aromatic rings. The Kier molecular flexibility index (Phi) is 5.59. The molecule has 2 aliphatic carbocycles. The largest absolute Gasteiger partial charge is 0.354 e. The van der Waals surface area contributed by atoms with Gasteiger partial charge in [0.05, 0.1) is 6.07 Å². The highest BCUT2D eigenvalue weighted by atomic mass is 16.2. The van der Waals surface area contributed by atoms with Crippen molar-refractivity contribution >= 4 is 22.6 Å². The van der Waals surface area contributed by atoms with E-state index in [9.17, 15) is 14.9 Å². The van der Waals surface area contributed by atoms with Crippen LogP contribution >= 0.6 is 0 Å². The first kappa shape index (κ1) is 21.2. The number of benzene rings is 1. The predicted molar refractivity (Wildman–Crippen MR) is 124 cm³/mol. The molecule has 7 nitrogen and oxygen atoms in total. The van der Waals surface area contributed by atoms with Crippen molar-refractivity contribution in [2.45, 2.75) is 62.4 Å². The number of amides is 2. The molecule has 1 aromatic carbocycles. The molecule has 2 fully saturated rings. The summed E-state index contributed by atoms with van der Waals surface area (Å²) in [6, 6.07) is 12.8. The topological polar surface area (TPSA) is 111 Å². The van der Waals surface area contributed by atoms with Crippen molar-refractivity contribution in [3.8, 4) is 6.07 Å². The van der Waals surface area contributed by atoms with Gasteiger partial charge >= 0.3 is 0 Å². The van der Waals surface area contributed by atoms with Crippen molar-refractivity contribution in [2.24, 2.45) is 0 Å². The van der Waals surface area contributed by atoms with E-state index in [0.29, 0.717) is 30.0 Å². The molecule has 1 atom stereocenters. The zero-order valence-electron chi connectivity index (χ0n) is 18.4. The summed E-state index contributed by atoms with van der Waals surface area (Å²) in [5, 5.41) is 17.6. The summed E-state index contributed by atoms with van der Waals surface area (Å²) in [6.45, 7) is 0. The van der Waals surface area contributed by atoms with Crippen LogP contribution in [0.15, 0.2) is 48.8 Å². The van der Waals surface area contributed by atoms with Gasteiger partial charge in [0.2, 0.25) is 5.91 Å². The van der Waals surface area contributed by atoms with Crippen LogP contribution in [-0.2, 0) is 4.79 Å². The van der Waals surface area contributed by atoms with Gasteiger partial charge in [0, 0.05) is 29.0 Å². The maximum absolute atomic E-state index is 13.6. The second-order valence-corrected chi connectivity index (χ2v) is 9.18. The molecule has 1 unspecified atom stereocenters. The fourth-order valence-electron chi connectivity index (χ4n) is 4.84. The molecule has 0 saturated heterocycles. The molecule has 0 radical (unpaired) electrons. The number of carbonyl (C=O) groups is 2. The van der Waals surface area contributed by atoms with Gasteiger partial charge in [-0.25, -0.2) is 0 Å². The molecular weight excluding hydrogens is 414 g/mol. The van der Waals surface area contributed by atoms with Crippen molar-refractivity contribution in [1.82, 2.24) is 20.6 Å². The molecule has 0 aliphatic heterocycles. The fourth-order valence-corrected chi connectivity index (χ4v) is 4.84. The van der Waals surface area contributed by atoms with Crippen LogP contribution in [0.1, 0.15) is 78.7 Å². The lowest BCUT2D eigenvalue weighted by molar-refractivity contribution is -0.129. The zero-order valence-corrected chi connectivity index (χ0v) is 18.4. The van der Waals surface area contributed by atoms with E-state index in [1.165, 1.54) is 0 Å². The van der Waals surface area contributed by atoms with E-state index in [0.717, 1.165) is 48.6 Å². The molecule has 0 spiro atoms. The van der Waals surface area contributed by atoms with E-state index >= 15 is 0 Å². The van der Waals surface area contributed by atoms with Crippen LogP contribution in [0.5, 0.6) is 0 Å². The number of hydrogen-bond donors (Lipinski definition) is 3. The Balaban J connectivity index is 1.39. The quantitative estimate of drug-likeness (QED) is 0.531. The van der Waals surface area contributed by atoms with Crippen LogP contribution in [0.25, 0.3) is 10.8 Å². The number of aromatic nitrogens is 2. The first-order chi connectivity index (χ1) is 16.1. The summed E-state index contributed by atoms with van der Waals surface area (Å²) in [4.78, 5) is 34.1. The molecule has 3 N–H and O–H groups in total. The second kappa shape index (κ2) is 8.70. The summed E-state index contributed by atoms with van der Waals surface area (Å²) in [6.07, 6.45) is 9.47. The molecule has 2 heterocycles. The molecule has 7 heteroatoms. The number of aromatic amines is 1. The first-order valence-corrected chi connectivity index (χ1v) is 11.6. The Bertz CT molecular complexity index is 1230. The van der Waals surface area contributed by atoms with Gasteiger partial charge in [-0.3, -0.25) is 14.6 Å². The standard InChI is InChI=1S/C26H27N5O2/c27-14-23(20-16-28-15-18-6-2-3-7-19(18)20)30-25(33)26(12-4-1-5-13-26)31-24(32)22-11-10-21(29-22)17-8-9-17/h2-3,6-7,10-11,15-17,23,29H,1,4-5,8-9,12-13H2,(H,30,33)(H,31,32). The highest BCUT2D eigenvalue weighted by Gasteiger charge is 2.42. The number of pyridine rings is 1. The van der Waals surface area contributed by atoms with Crippen LogP contribution in [0.4, 0.5) is 0 Å². The zero-order chi connectivity index (χ0) is 22.8. The third kappa shape index (κ3) is 4.21. The van der Waals surface area contributed by atoms with E-state index in [4.69, 9.17) is 0 Å². The number of H-pyrrole nitrogens is 1. The fraction of sp³-hybridized carbons (Fsp3) is 0.385. The third-order valence-electron chi connectivity index (χ3n) is 6.88. The number of nitrogens with one attached hydrogen (secondary N) is 3. The molecule has 2 amide bonds. The number of carbonyl (C=O) groups excluding carboxylic acids is 2. The van der Waals surface area contributed by atoms with Gasteiger partial charge in [-0.1, -0.05) is 43.5 Å². The van der Waals surface area contributed by atoms with E-state index in [-0.39, 0.29) is 11.8 Å². The summed E-state index contributed by atoms with van der Waals surface area (Å²) >= 11 is 0. The van der Waals surface area contributed by atoms with Crippen LogP contribution in [0, 0.1) is 11.3 Å². The highest BCUT2D eigenvalue weighted by Crippen LogP contribution is 2.39. The number of nitrogens with zero attached hydrogens (tertiary/aromatic N) is 2. The minimum absolute atomic E-state index is 0.278. The average Bonchev–Trinajstić information content (AvgIpc) is 3.58. The smallest absolute Gasteiger partial charge is 0.268 e. The van der Waals surface area contributed by atoms with Crippen LogP contribution < -0.4 is 10.6 Å². The van der Waals surface area contributed by atoms with E-state index in [1.54, 1.807) is 18.5 Å². The summed E-state index contributed by atoms with van der Waals surface area (Å²) < 4.78 is 0. The van der Waals surface area contributed by atoms with Crippen molar-refractivity contribution in [1.29, 1.82) is 5.26 Å². The summed E-state index contributed by atoms with van der Waals surface area (Å²) in [5.74, 6) is -0.0764. The Morgan fingerprint density at radius 2 is 1.88 bits per heavy atom. The number of fused-ring (bicyclic) bond motifs is 1. The minimum Gasteiger partial charge on any atom is -0.354 e. The van der Waals surface area contributed by atoms with Crippen molar-refractivity contribution in [3.05, 3.63) is 65.7 Å². The molecule has 33 heavy (non-hydrogen) atoms. The van der Waals surface area contributed by atoms with E-state index in [1.807, 2.05) is 30.3 Å². The van der Waals surface area contributed by atoms with Crippen molar-refractivity contribution < 1.29 is 9.59 Å².